The van der Waals surface area contributed by atoms with Crippen LogP contribution < -0.4 is 16.4 Å². The Kier molecular flexibility index (Phi) is 4.74. The lowest BCUT2D eigenvalue weighted by Gasteiger charge is -2.21. The van der Waals surface area contributed by atoms with Crippen molar-refractivity contribution >= 4 is 11.8 Å². The van der Waals surface area contributed by atoms with E-state index in [9.17, 15) is 9.59 Å². The molecule has 5 heteroatoms. The fraction of sp³-hybridized carbons (Fsp3) is 0.467. The van der Waals surface area contributed by atoms with Crippen LogP contribution in [0.1, 0.15) is 31.4 Å². The molecule has 3 unspecified atom stereocenters. The molecule has 1 aromatic rings. The van der Waals surface area contributed by atoms with Crippen LogP contribution in [-0.4, -0.2) is 24.4 Å². The Balaban J connectivity index is 1.84. The van der Waals surface area contributed by atoms with Crippen molar-refractivity contribution in [1.82, 2.24) is 10.6 Å². The number of nitrogens with one attached hydrogen (secondary N) is 2. The van der Waals surface area contributed by atoms with E-state index in [4.69, 9.17) is 5.73 Å². The van der Waals surface area contributed by atoms with Crippen LogP contribution in [0, 0.1) is 5.92 Å². The van der Waals surface area contributed by atoms with E-state index >= 15 is 0 Å². The molecule has 108 valence electrons. The van der Waals surface area contributed by atoms with Gasteiger partial charge in [0.1, 0.15) is 0 Å². The van der Waals surface area contributed by atoms with Crippen LogP contribution in [0.25, 0.3) is 0 Å². The third kappa shape index (κ3) is 3.57. The van der Waals surface area contributed by atoms with Gasteiger partial charge in [-0.15, -0.1) is 0 Å². The summed E-state index contributed by atoms with van der Waals surface area (Å²) in [5.41, 5.74) is 7.06. The zero-order valence-electron chi connectivity index (χ0n) is 11.6. The van der Waals surface area contributed by atoms with Gasteiger partial charge in [0.25, 0.3) is 0 Å². The predicted molar refractivity (Wildman–Crippen MR) is 76.7 cm³/mol. The Morgan fingerprint density at radius 3 is 2.75 bits per heavy atom. The lowest BCUT2D eigenvalue weighted by Crippen LogP contribution is -2.42. The van der Waals surface area contributed by atoms with Crippen LogP contribution in [0.5, 0.6) is 0 Å². The van der Waals surface area contributed by atoms with Crippen LogP contribution in [0.15, 0.2) is 30.3 Å². The summed E-state index contributed by atoms with van der Waals surface area (Å²) in [5.74, 6) is -0.338. The van der Waals surface area contributed by atoms with Crippen molar-refractivity contribution in [3.05, 3.63) is 35.9 Å². The third-order valence-corrected chi connectivity index (χ3v) is 3.74. The minimum atomic E-state index is -0.325. The van der Waals surface area contributed by atoms with Gasteiger partial charge < -0.3 is 16.4 Å². The van der Waals surface area contributed by atoms with Gasteiger partial charge in [-0.05, 0) is 12.0 Å². The van der Waals surface area contributed by atoms with Gasteiger partial charge in [-0.3, -0.25) is 9.59 Å². The minimum absolute atomic E-state index is 0.0478. The van der Waals surface area contributed by atoms with Crippen molar-refractivity contribution in [3.8, 4) is 0 Å². The summed E-state index contributed by atoms with van der Waals surface area (Å²) in [7, 11) is 0. The van der Waals surface area contributed by atoms with Crippen molar-refractivity contribution < 1.29 is 9.59 Å². The fourth-order valence-electron chi connectivity index (χ4n) is 2.34. The number of benzene rings is 1. The largest absolute Gasteiger partial charge is 0.354 e. The molecule has 3 atom stereocenters. The maximum absolute atomic E-state index is 12.1. The van der Waals surface area contributed by atoms with Gasteiger partial charge in [-0.2, -0.15) is 0 Å². The summed E-state index contributed by atoms with van der Waals surface area (Å²) in [6, 6.07) is 9.31. The zero-order chi connectivity index (χ0) is 14.5. The van der Waals surface area contributed by atoms with E-state index in [1.54, 1.807) is 0 Å². The molecule has 1 aliphatic rings. The Labute approximate surface area is 118 Å². The van der Waals surface area contributed by atoms with E-state index in [-0.39, 0.29) is 29.8 Å². The van der Waals surface area contributed by atoms with Crippen molar-refractivity contribution in [1.29, 1.82) is 0 Å². The Hall–Kier alpha value is -1.88. The smallest absolute Gasteiger partial charge is 0.224 e. The van der Waals surface area contributed by atoms with E-state index in [1.165, 1.54) is 0 Å². The standard InChI is InChI=1S/C15H21N3O2/c1-10(14(16)11-5-3-2-4-6-11)15(20)17-9-12-7-8-13(19)18-12/h2-6,10,12,14H,7-9,16H2,1H3,(H,17,20)(H,18,19). The number of amides is 2. The lowest BCUT2D eigenvalue weighted by molar-refractivity contribution is -0.125. The Bertz CT molecular complexity index is 475. The molecule has 1 aliphatic heterocycles. The summed E-state index contributed by atoms with van der Waals surface area (Å²) < 4.78 is 0. The normalized spacial score (nSPS) is 21.1. The predicted octanol–water partition coefficient (Wildman–Crippen LogP) is 0.717. The maximum atomic E-state index is 12.1. The van der Waals surface area contributed by atoms with Crippen LogP contribution in [0.4, 0.5) is 0 Å². The molecule has 4 N–H and O–H groups in total. The summed E-state index contributed by atoms with van der Waals surface area (Å²) in [6.45, 7) is 2.29. The minimum Gasteiger partial charge on any atom is -0.354 e. The first-order valence-corrected chi connectivity index (χ1v) is 6.95. The van der Waals surface area contributed by atoms with Gasteiger partial charge in [0.15, 0.2) is 0 Å². The highest BCUT2D eigenvalue weighted by Crippen LogP contribution is 2.19. The van der Waals surface area contributed by atoms with Crippen LogP contribution >= 0.6 is 0 Å². The second-order valence-electron chi connectivity index (χ2n) is 5.27. The quantitative estimate of drug-likeness (QED) is 0.740. The number of rotatable bonds is 5. The molecule has 1 aromatic carbocycles. The van der Waals surface area contributed by atoms with Crippen molar-refractivity contribution in [2.45, 2.75) is 31.8 Å². The van der Waals surface area contributed by atoms with E-state index in [0.717, 1.165) is 12.0 Å². The number of nitrogens with two attached hydrogens (primary N) is 1. The molecule has 0 aromatic heterocycles. The van der Waals surface area contributed by atoms with Gasteiger partial charge in [-0.1, -0.05) is 37.3 Å². The second kappa shape index (κ2) is 6.52. The maximum Gasteiger partial charge on any atom is 0.224 e. The number of hydrogen-bond acceptors (Lipinski definition) is 3. The molecule has 0 bridgehead atoms. The molecule has 1 heterocycles. The van der Waals surface area contributed by atoms with E-state index in [0.29, 0.717) is 13.0 Å². The highest BCUT2D eigenvalue weighted by atomic mass is 16.2. The summed E-state index contributed by atoms with van der Waals surface area (Å²) >= 11 is 0. The van der Waals surface area contributed by atoms with Crippen LogP contribution in [0.2, 0.25) is 0 Å². The first-order valence-electron chi connectivity index (χ1n) is 6.95. The van der Waals surface area contributed by atoms with Gasteiger partial charge in [0, 0.05) is 25.0 Å². The summed E-state index contributed by atoms with van der Waals surface area (Å²) in [5, 5.41) is 5.69. The van der Waals surface area contributed by atoms with Gasteiger partial charge in [0.2, 0.25) is 11.8 Å². The van der Waals surface area contributed by atoms with Gasteiger partial charge >= 0.3 is 0 Å². The zero-order valence-corrected chi connectivity index (χ0v) is 11.6. The molecular formula is C15H21N3O2. The SMILES string of the molecule is CC(C(=O)NCC1CCC(=O)N1)C(N)c1ccccc1. The molecule has 5 nitrogen and oxygen atoms in total. The van der Waals surface area contributed by atoms with Crippen LogP contribution in [-0.2, 0) is 9.59 Å². The molecule has 2 rings (SSSR count). The number of carbonyl (C=O) groups excluding carboxylic acids is 2. The lowest BCUT2D eigenvalue weighted by atomic mass is 9.94. The molecule has 2 amide bonds. The first-order chi connectivity index (χ1) is 9.58. The highest BCUT2D eigenvalue weighted by molar-refractivity contribution is 5.80. The Morgan fingerprint density at radius 1 is 1.45 bits per heavy atom. The first kappa shape index (κ1) is 14.5. The van der Waals surface area contributed by atoms with Gasteiger partial charge in [0.05, 0.1) is 5.92 Å². The summed E-state index contributed by atoms with van der Waals surface area (Å²) in [4.78, 5) is 23.2. The Morgan fingerprint density at radius 2 is 2.15 bits per heavy atom. The fourth-order valence-corrected chi connectivity index (χ4v) is 2.34. The molecule has 1 saturated heterocycles. The van der Waals surface area contributed by atoms with Crippen molar-refractivity contribution in [2.24, 2.45) is 11.7 Å². The third-order valence-electron chi connectivity index (χ3n) is 3.74. The van der Waals surface area contributed by atoms with E-state index < -0.39 is 0 Å². The van der Waals surface area contributed by atoms with Crippen molar-refractivity contribution in [2.75, 3.05) is 6.54 Å². The molecule has 0 aliphatic carbocycles. The average Bonchev–Trinajstić information content (AvgIpc) is 2.89. The second-order valence-corrected chi connectivity index (χ2v) is 5.27. The van der Waals surface area contributed by atoms with E-state index in [1.807, 2.05) is 37.3 Å². The molecule has 20 heavy (non-hydrogen) atoms. The van der Waals surface area contributed by atoms with Crippen LogP contribution in [0.3, 0.4) is 0 Å². The molecule has 1 fully saturated rings. The molecule has 0 spiro atoms. The monoisotopic (exact) mass is 275 g/mol. The molecule has 0 radical (unpaired) electrons. The van der Waals surface area contributed by atoms with Crippen molar-refractivity contribution in [3.63, 3.8) is 0 Å². The number of carbonyl (C=O) groups is 2. The average molecular weight is 275 g/mol. The van der Waals surface area contributed by atoms with E-state index in [2.05, 4.69) is 10.6 Å². The molecular weight excluding hydrogens is 254 g/mol. The molecule has 0 saturated carbocycles. The highest BCUT2D eigenvalue weighted by Gasteiger charge is 2.25. The van der Waals surface area contributed by atoms with Gasteiger partial charge in [-0.25, -0.2) is 0 Å². The summed E-state index contributed by atoms with van der Waals surface area (Å²) in [6.07, 6.45) is 1.32. The number of hydrogen-bond donors (Lipinski definition) is 3. The topological polar surface area (TPSA) is 84.2 Å².